The summed E-state index contributed by atoms with van der Waals surface area (Å²) in [5.41, 5.74) is 2.53. The number of benzene rings is 1. The van der Waals surface area contributed by atoms with E-state index in [-0.39, 0.29) is 11.4 Å². The minimum Gasteiger partial charge on any atom is -0.462 e. The fraction of sp³-hybridized carbons (Fsp3) is 0.211. The fourth-order valence-corrected chi connectivity index (χ4v) is 3.45. The molecule has 6 nitrogen and oxygen atoms in total. The van der Waals surface area contributed by atoms with Crippen LogP contribution in [-0.4, -0.2) is 28.5 Å². The predicted octanol–water partition coefficient (Wildman–Crippen LogP) is 3.88. The lowest BCUT2D eigenvalue weighted by atomic mass is 10.1. The number of thioether (sulfide) groups is 1. The smallest absolute Gasteiger partial charge is 0.294 e. The van der Waals surface area contributed by atoms with Crippen LogP contribution in [0.5, 0.6) is 0 Å². The summed E-state index contributed by atoms with van der Waals surface area (Å²) in [6.07, 6.45) is 1.52. The molecule has 0 unspecified atom stereocenters. The maximum Gasteiger partial charge on any atom is 0.294 e. The third kappa shape index (κ3) is 3.72. The Morgan fingerprint density at radius 2 is 1.85 bits per heavy atom. The van der Waals surface area contributed by atoms with Crippen LogP contribution < -0.4 is 5.32 Å². The van der Waals surface area contributed by atoms with E-state index in [9.17, 15) is 14.4 Å². The summed E-state index contributed by atoms with van der Waals surface area (Å²) in [7, 11) is 0. The third-order valence-corrected chi connectivity index (χ3v) is 4.86. The van der Waals surface area contributed by atoms with Gasteiger partial charge in [0.05, 0.1) is 4.91 Å². The summed E-state index contributed by atoms with van der Waals surface area (Å²) in [6, 6.07) is 9.16. The zero-order chi connectivity index (χ0) is 18.8. The Bertz CT molecular complexity index is 909. The highest BCUT2D eigenvalue weighted by Gasteiger charge is 2.36. The molecule has 0 aliphatic carbocycles. The topological polar surface area (TPSA) is 79.6 Å². The second kappa shape index (κ2) is 7.21. The van der Waals surface area contributed by atoms with Crippen molar-refractivity contribution in [2.24, 2.45) is 0 Å². The molecule has 1 fully saturated rings. The Balaban J connectivity index is 1.71. The van der Waals surface area contributed by atoms with Crippen LogP contribution in [0.25, 0.3) is 6.08 Å². The van der Waals surface area contributed by atoms with E-state index in [2.05, 4.69) is 5.32 Å². The van der Waals surface area contributed by atoms with Crippen LogP contribution in [0.4, 0.5) is 10.5 Å². The molecule has 1 N–H and O–H groups in total. The number of carbonyl (C=O) groups is 3. The number of furan rings is 1. The van der Waals surface area contributed by atoms with Crippen LogP contribution in [0.1, 0.15) is 22.6 Å². The monoisotopic (exact) mass is 370 g/mol. The van der Waals surface area contributed by atoms with Crippen LogP contribution in [0.2, 0.25) is 0 Å². The molecule has 1 aliphatic heterocycles. The van der Waals surface area contributed by atoms with Crippen molar-refractivity contribution in [3.8, 4) is 0 Å². The molecule has 0 radical (unpaired) electrons. The number of anilines is 1. The molecule has 0 spiro atoms. The summed E-state index contributed by atoms with van der Waals surface area (Å²) in [4.78, 5) is 38.1. The first-order chi connectivity index (χ1) is 12.3. The molecule has 1 aliphatic rings. The molecule has 7 heteroatoms. The SMILES string of the molecule is Cc1ccc(/C=C2/SC(=O)N(CC(=O)Nc3c(C)cccc3C)C2=O)o1. The van der Waals surface area contributed by atoms with Crippen LogP contribution >= 0.6 is 11.8 Å². The molecule has 1 aromatic carbocycles. The third-order valence-electron chi connectivity index (χ3n) is 3.96. The highest BCUT2D eigenvalue weighted by molar-refractivity contribution is 8.18. The molecule has 26 heavy (non-hydrogen) atoms. The number of aryl methyl sites for hydroxylation is 3. The Labute approximate surface area is 155 Å². The minimum atomic E-state index is -0.495. The predicted molar refractivity (Wildman–Crippen MR) is 101 cm³/mol. The van der Waals surface area contributed by atoms with Crippen molar-refractivity contribution in [3.05, 3.63) is 57.9 Å². The number of nitrogens with zero attached hydrogens (tertiary/aromatic N) is 1. The number of hydrogen-bond acceptors (Lipinski definition) is 5. The maximum atomic E-state index is 12.4. The number of imide groups is 1. The first-order valence-corrected chi connectivity index (χ1v) is 8.84. The minimum absolute atomic E-state index is 0.240. The van der Waals surface area contributed by atoms with Gasteiger partial charge in [0, 0.05) is 11.8 Å². The average molecular weight is 370 g/mol. The van der Waals surface area contributed by atoms with Crippen LogP contribution in [0.15, 0.2) is 39.7 Å². The first kappa shape index (κ1) is 18.0. The highest BCUT2D eigenvalue weighted by atomic mass is 32.2. The highest BCUT2D eigenvalue weighted by Crippen LogP contribution is 2.32. The molecule has 3 amide bonds. The molecule has 2 aromatic rings. The second-order valence-electron chi connectivity index (χ2n) is 6.03. The molecule has 1 saturated heterocycles. The first-order valence-electron chi connectivity index (χ1n) is 8.03. The van der Waals surface area contributed by atoms with Gasteiger partial charge in [0.25, 0.3) is 11.1 Å². The quantitative estimate of drug-likeness (QED) is 0.826. The maximum absolute atomic E-state index is 12.4. The number of rotatable bonds is 4. The van der Waals surface area contributed by atoms with Gasteiger partial charge in [-0.25, -0.2) is 0 Å². The molecule has 1 aromatic heterocycles. The summed E-state index contributed by atoms with van der Waals surface area (Å²) in [5, 5.41) is 2.31. The van der Waals surface area contributed by atoms with Crippen molar-refractivity contribution in [1.82, 2.24) is 4.90 Å². The molecule has 3 rings (SSSR count). The van der Waals surface area contributed by atoms with E-state index in [4.69, 9.17) is 4.42 Å². The van der Waals surface area contributed by atoms with Crippen molar-refractivity contribution in [2.45, 2.75) is 20.8 Å². The summed E-state index contributed by atoms with van der Waals surface area (Å²) in [6.45, 7) is 5.24. The molecule has 0 atom stereocenters. The van der Waals surface area contributed by atoms with Gasteiger partial charge in [-0.3, -0.25) is 19.3 Å². The zero-order valence-corrected chi connectivity index (χ0v) is 15.5. The lowest BCUT2D eigenvalue weighted by Crippen LogP contribution is -2.36. The van der Waals surface area contributed by atoms with E-state index < -0.39 is 17.1 Å². The normalized spacial score (nSPS) is 15.8. The lowest BCUT2D eigenvalue weighted by Gasteiger charge is -2.15. The molecule has 2 heterocycles. The number of para-hydroxylation sites is 1. The average Bonchev–Trinajstić information content (AvgIpc) is 3.10. The van der Waals surface area contributed by atoms with Gasteiger partial charge in [0.15, 0.2) is 0 Å². The van der Waals surface area contributed by atoms with Crippen molar-refractivity contribution in [3.63, 3.8) is 0 Å². The second-order valence-corrected chi connectivity index (χ2v) is 7.02. The van der Waals surface area contributed by atoms with E-state index in [1.807, 2.05) is 32.0 Å². The Morgan fingerprint density at radius 1 is 1.15 bits per heavy atom. The molecular weight excluding hydrogens is 352 g/mol. The van der Waals surface area contributed by atoms with Crippen LogP contribution in [0.3, 0.4) is 0 Å². The van der Waals surface area contributed by atoms with Gasteiger partial charge in [-0.1, -0.05) is 18.2 Å². The van der Waals surface area contributed by atoms with Crippen molar-refractivity contribution in [2.75, 3.05) is 11.9 Å². The Kier molecular flexibility index (Phi) is 4.99. The summed E-state index contributed by atoms with van der Waals surface area (Å²) in [5.74, 6) is 0.293. The van der Waals surface area contributed by atoms with Crippen LogP contribution in [-0.2, 0) is 9.59 Å². The van der Waals surface area contributed by atoms with Gasteiger partial charge in [-0.15, -0.1) is 0 Å². The van der Waals surface area contributed by atoms with E-state index in [1.54, 1.807) is 19.1 Å². The zero-order valence-electron chi connectivity index (χ0n) is 14.7. The van der Waals surface area contributed by atoms with Gasteiger partial charge in [0.2, 0.25) is 5.91 Å². The largest absolute Gasteiger partial charge is 0.462 e. The van der Waals surface area contributed by atoms with Gasteiger partial charge >= 0.3 is 0 Å². The number of carbonyl (C=O) groups excluding carboxylic acids is 3. The van der Waals surface area contributed by atoms with Gasteiger partial charge < -0.3 is 9.73 Å². The number of nitrogens with one attached hydrogen (secondary N) is 1. The van der Waals surface area contributed by atoms with Crippen molar-refractivity contribution >= 4 is 40.6 Å². The van der Waals surface area contributed by atoms with E-state index in [0.717, 1.165) is 27.8 Å². The van der Waals surface area contributed by atoms with Gasteiger partial charge in [0.1, 0.15) is 18.1 Å². The van der Waals surface area contributed by atoms with Gasteiger partial charge in [-0.2, -0.15) is 0 Å². The molecule has 0 bridgehead atoms. The molecule has 0 saturated carbocycles. The van der Waals surface area contributed by atoms with Crippen molar-refractivity contribution in [1.29, 1.82) is 0 Å². The number of hydrogen-bond donors (Lipinski definition) is 1. The fourth-order valence-electron chi connectivity index (χ4n) is 2.63. The van der Waals surface area contributed by atoms with E-state index >= 15 is 0 Å². The Morgan fingerprint density at radius 3 is 2.46 bits per heavy atom. The van der Waals surface area contributed by atoms with Gasteiger partial charge in [-0.05, 0) is 55.8 Å². The van der Waals surface area contributed by atoms with Crippen LogP contribution in [0, 0.1) is 20.8 Å². The summed E-state index contributed by atoms with van der Waals surface area (Å²) >= 11 is 0.799. The standard InChI is InChI=1S/C19H18N2O4S/c1-11-5-4-6-12(2)17(11)20-16(22)10-21-18(23)15(26-19(21)24)9-14-8-7-13(3)25-14/h4-9H,10H2,1-3H3,(H,20,22)/b15-9+. The lowest BCUT2D eigenvalue weighted by molar-refractivity contribution is -0.127. The van der Waals surface area contributed by atoms with Crippen molar-refractivity contribution < 1.29 is 18.8 Å². The van der Waals surface area contributed by atoms with E-state index in [0.29, 0.717) is 17.2 Å². The summed E-state index contributed by atoms with van der Waals surface area (Å²) < 4.78 is 5.40. The van der Waals surface area contributed by atoms with E-state index in [1.165, 1.54) is 6.08 Å². The Hall–Kier alpha value is -2.80. The molecular formula is C19H18N2O4S. The molecule has 134 valence electrons. The number of amides is 3.